The van der Waals surface area contributed by atoms with E-state index in [1.54, 1.807) is 0 Å². The molecule has 0 aliphatic carbocycles. The highest BCUT2D eigenvalue weighted by atomic mass is 15.1. The number of rotatable bonds is 5. The fourth-order valence-corrected chi connectivity index (χ4v) is 7.16. The molecule has 0 saturated carbocycles. The summed E-state index contributed by atoms with van der Waals surface area (Å²) in [6.07, 6.45) is 1.90. The van der Waals surface area contributed by atoms with E-state index >= 15 is 0 Å². The zero-order chi connectivity index (χ0) is 33.8. The molecule has 1 N–H and O–H groups in total. The molecule has 4 heteroatoms. The number of para-hydroxylation sites is 3. The van der Waals surface area contributed by atoms with Crippen LogP contribution in [-0.4, -0.2) is 19.5 Å². The van der Waals surface area contributed by atoms with Gasteiger partial charge in [-0.05, 0) is 82.3 Å². The first-order chi connectivity index (χ1) is 24.4. The van der Waals surface area contributed by atoms with Crippen LogP contribution in [0.5, 0.6) is 0 Å². The predicted octanol–water partition coefficient (Wildman–Crippen LogP) is 12.0. The molecule has 9 aromatic rings. The van der Waals surface area contributed by atoms with E-state index in [9.17, 15) is 0 Å². The van der Waals surface area contributed by atoms with Crippen LogP contribution in [-0.2, 0) is 5.41 Å². The molecule has 240 valence electrons. The normalized spacial score (nSPS) is 11.9. The quantitative estimate of drug-likeness (QED) is 0.203. The number of aromatic amines is 1. The summed E-state index contributed by atoms with van der Waals surface area (Å²) in [5.74, 6) is 0.912. The van der Waals surface area contributed by atoms with Crippen molar-refractivity contribution in [1.82, 2.24) is 19.5 Å². The lowest BCUT2D eigenvalue weighted by molar-refractivity contribution is 0.591. The second-order valence-electron chi connectivity index (χ2n) is 14.0. The number of nitrogens with one attached hydrogen (secondary N) is 1. The molecule has 50 heavy (non-hydrogen) atoms. The topological polar surface area (TPSA) is 46.5 Å². The third-order valence-electron chi connectivity index (χ3n) is 9.76. The molecular formula is C46H36N4. The second-order valence-corrected chi connectivity index (χ2v) is 14.0. The Bertz CT molecular complexity index is 2670. The molecule has 6 aromatic carbocycles. The van der Waals surface area contributed by atoms with Crippen LogP contribution in [0.3, 0.4) is 0 Å². The average Bonchev–Trinajstić information content (AvgIpc) is 3.74. The highest BCUT2D eigenvalue weighted by molar-refractivity contribution is 6.12. The smallest absolute Gasteiger partial charge is 0.147 e. The third kappa shape index (κ3) is 5.08. The molecule has 0 fully saturated rings. The molecule has 9 rings (SSSR count). The van der Waals surface area contributed by atoms with E-state index in [1.165, 1.54) is 21.9 Å². The van der Waals surface area contributed by atoms with Crippen molar-refractivity contribution in [2.45, 2.75) is 26.2 Å². The zero-order valence-electron chi connectivity index (χ0n) is 28.4. The van der Waals surface area contributed by atoms with Crippen LogP contribution in [0.25, 0.3) is 83.4 Å². The van der Waals surface area contributed by atoms with Crippen LogP contribution >= 0.6 is 0 Å². The molecule has 0 atom stereocenters. The highest BCUT2D eigenvalue weighted by Crippen LogP contribution is 2.41. The number of pyridine rings is 1. The minimum absolute atomic E-state index is 0.0532. The van der Waals surface area contributed by atoms with E-state index in [0.717, 1.165) is 67.1 Å². The van der Waals surface area contributed by atoms with Gasteiger partial charge in [-0.1, -0.05) is 118 Å². The summed E-state index contributed by atoms with van der Waals surface area (Å²) in [5, 5.41) is 2.44. The summed E-state index contributed by atoms with van der Waals surface area (Å²) in [6, 6.07) is 53.8. The van der Waals surface area contributed by atoms with Crippen LogP contribution in [0.1, 0.15) is 26.3 Å². The largest absolute Gasteiger partial charge is 0.354 e. The van der Waals surface area contributed by atoms with Gasteiger partial charge in [0.25, 0.3) is 0 Å². The monoisotopic (exact) mass is 644 g/mol. The maximum Gasteiger partial charge on any atom is 0.147 e. The molecule has 0 aliphatic heterocycles. The molecule has 4 nitrogen and oxygen atoms in total. The van der Waals surface area contributed by atoms with Gasteiger partial charge in [0, 0.05) is 44.9 Å². The molecule has 0 amide bonds. The van der Waals surface area contributed by atoms with Gasteiger partial charge >= 0.3 is 0 Å². The van der Waals surface area contributed by atoms with E-state index in [2.05, 4.69) is 176 Å². The van der Waals surface area contributed by atoms with Crippen molar-refractivity contribution in [2.24, 2.45) is 0 Å². The van der Waals surface area contributed by atoms with Crippen molar-refractivity contribution >= 4 is 32.8 Å². The third-order valence-corrected chi connectivity index (χ3v) is 9.76. The lowest BCUT2D eigenvalue weighted by Crippen LogP contribution is -2.11. The number of imidazole rings is 1. The van der Waals surface area contributed by atoms with E-state index in [4.69, 9.17) is 9.97 Å². The predicted molar refractivity (Wildman–Crippen MR) is 209 cm³/mol. The number of hydrogen-bond donors (Lipinski definition) is 1. The Morgan fingerprint density at radius 2 is 1.28 bits per heavy atom. The van der Waals surface area contributed by atoms with Gasteiger partial charge in [0.2, 0.25) is 0 Å². The van der Waals surface area contributed by atoms with Crippen LogP contribution in [0.2, 0.25) is 0 Å². The number of benzene rings is 6. The van der Waals surface area contributed by atoms with Crippen LogP contribution < -0.4 is 0 Å². The molecular weight excluding hydrogens is 609 g/mol. The lowest BCUT2D eigenvalue weighted by atomic mass is 9.85. The van der Waals surface area contributed by atoms with Crippen molar-refractivity contribution in [3.05, 3.63) is 163 Å². The average molecular weight is 645 g/mol. The number of fused-ring (bicyclic) bond motifs is 4. The van der Waals surface area contributed by atoms with Gasteiger partial charge in [-0.25, -0.2) is 4.98 Å². The maximum atomic E-state index is 5.56. The van der Waals surface area contributed by atoms with Gasteiger partial charge in [-0.2, -0.15) is 0 Å². The van der Waals surface area contributed by atoms with Crippen molar-refractivity contribution in [3.63, 3.8) is 0 Å². The molecule has 0 aliphatic rings. The van der Waals surface area contributed by atoms with Gasteiger partial charge in [-0.3, -0.25) is 9.55 Å². The molecule has 0 unspecified atom stereocenters. The van der Waals surface area contributed by atoms with E-state index in [1.807, 2.05) is 12.3 Å². The Hall–Kier alpha value is -6.26. The van der Waals surface area contributed by atoms with Crippen LogP contribution in [0.15, 0.2) is 158 Å². The number of aromatic nitrogens is 4. The minimum atomic E-state index is -0.0532. The van der Waals surface area contributed by atoms with Gasteiger partial charge in [-0.15, -0.1) is 0 Å². The maximum absolute atomic E-state index is 5.56. The second kappa shape index (κ2) is 11.7. The van der Waals surface area contributed by atoms with E-state index in [-0.39, 0.29) is 5.41 Å². The summed E-state index contributed by atoms with van der Waals surface area (Å²) in [5.41, 5.74) is 14.1. The van der Waals surface area contributed by atoms with Crippen molar-refractivity contribution < 1.29 is 0 Å². The Balaban J connectivity index is 1.28. The zero-order valence-corrected chi connectivity index (χ0v) is 28.4. The minimum Gasteiger partial charge on any atom is -0.354 e. The summed E-state index contributed by atoms with van der Waals surface area (Å²) in [6.45, 7) is 6.84. The lowest BCUT2D eigenvalue weighted by Gasteiger charge is -2.21. The summed E-state index contributed by atoms with van der Waals surface area (Å²) >= 11 is 0. The number of nitrogens with zero attached hydrogens (tertiary/aromatic N) is 3. The highest BCUT2D eigenvalue weighted by Gasteiger charge is 2.24. The molecule has 0 spiro atoms. The van der Waals surface area contributed by atoms with Gasteiger partial charge in [0.15, 0.2) is 0 Å². The summed E-state index contributed by atoms with van der Waals surface area (Å²) in [7, 11) is 0. The first kappa shape index (κ1) is 29.8. The van der Waals surface area contributed by atoms with Gasteiger partial charge < -0.3 is 4.98 Å². The van der Waals surface area contributed by atoms with Crippen molar-refractivity contribution in [1.29, 1.82) is 0 Å². The summed E-state index contributed by atoms with van der Waals surface area (Å²) in [4.78, 5) is 14.1. The molecule has 0 radical (unpaired) electrons. The van der Waals surface area contributed by atoms with E-state index in [0.29, 0.717) is 0 Å². The van der Waals surface area contributed by atoms with Crippen LogP contribution in [0, 0.1) is 0 Å². The fourth-order valence-electron chi connectivity index (χ4n) is 7.16. The molecule has 3 heterocycles. The SMILES string of the molecule is CC(C)(C)c1cc(-c2nc3c(-c4cccc(-c5cc(-c6ccccc6)ccn5)c4)cccc3n2-c2ccccc2)c2[nH]c3ccccc3c2c1. The van der Waals surface area contributed by atoms with Gasteiger partial charge in [0.05, 0.1) is 22.2 Å². The standard InChI is InChI=1S/C46H36N4/c1-46(2,3)34-28-38-37-20-10-11-22-40(37)48-43(38)39(29-34)45-49-44-36(21-13-23-42(44)50(45)35-18-8-5-9-19-35)32-16-12-17-33(26-32)41-27-31(24-25-47-41)30-14-6-4-7-15-30/h4-29,48H,1-3H3. The molecule has 3 aromatic heterocycles. The fraction of sp³-hybridized carbons (Fsp3) is 0.0870. The molecule has 0 bridgehead atoms. The Labute approximate surface area is 291 Å². The van der Waals surface area contributed by atoms with Gasteiger partial charge in [0.1, 0.15) is 5.82 Å². The van der Waals surface area contributed by atoms with E-state index < -0.39 is 0 Å². The Morgan fingerprint density at radius 1 is 0.560 bits per heavy atom. The van der Waals surface area contributed by atoms with Crippen molar-refractivity contribution in [3.8, 4) is 50.6 Å². The Kier molecular flexibility index (Phi) is 6.99. The first-order valence-electron chi connectivity index (χ1n) is 17.2. The summed E-state index contributed by atoms with van der Waals surface area (Å²) < 4.78 is 2.32. The first-order valence-corrected chi connectivity index (χ1v) is 17.2. The number of H-pyrrole nitrogens is 1. The number of hydrogen-bond acceptors (Lipinski definition) is 2. The van der Waals surface area contributed by atoms with Crippen LogP contribution in [0.4, 0.5) is 0 Å². The Morgan fingerprint density at radius 3 is 2.10 bits per heavy atom. The molecule has 0 saturated heterocycles. The van der Waals surface area contributed by atoms with Crippen molar-refractivity contribution in [2.75, 3.05) is 0 Å².